The van der Waals surface area contributed by atoms with Crippen LogP contribution in [0.2, 0.25) is 0 Å². The van der Waals surface area contributed by atoms with Crippen LogP contribution < -0.4 is 0 Å². The predicted octanol–water partition coefficient (Wildman–Crippen LogP) is 4.99. The number of benzene rings is 2. The molecule has 1 saturated heterocycles. The third-order valence-corrected chi connectivity index (χ3v) is 6.20. The zero-order valence-corrected chi connectivity index (χ0v) is 18.5. The van der Waals surface area contributed by atoms with Crippen molar-refractivity contribution in [2.75, 3.05) is 33.2 Å². The normalized spacial score (nSPS) is 15.3. The van der Waals surface area contributed by atoms with Crippen molar-refractivity contribution in [3.8, 4) is 28.3 Å². The zero-order valence-electron chi connectivity index (χ0n) is 18.5. The summed E-state index contributed by atoms with van der Waals surface area (Å²) in [5.41, 5.74) is 6.31. The van der Waals surface area contributed by atoms with Crippen LogP contribution in [0.4, 0.5) is 4.39 Å². The van der Waals surface area contributed by atoms with Gasteiger partial charge in [0.05, 0.1) is 18.1 Å². The van der Waals surface area contributed by atoms with E-state index < -0.39 is 0 Å². The lowest BCUT2D eigenvalue weighted by atomic mass is 10.00. The first-order chi connectivity index (χ1) is 15.6. The maximum atomic E-state index is 13.3. The van der Waals surface area contributed by atoms with Crippen LogP contribution in [0.1, 0.15) is 11.1 Å². The molecule has 0 aliphatic carbocycles. The summed E-state index contributed by atoms with van der Waals surface area (Å²) in [5.74, 6) is 0.586. The van der Waals surface area contributed by atoms with Gasteiger partial charge in [0, 0.05) is 38.3 Å². The Labute approximate surface area is 187 Å². The molecule has 5 rings (SSSR count). The fraction of sp³-hybridized carbons (Fsp3) is 0.269. The number of piperazine rings is 1. The second-order valence-corrected chi connectivity index (χ2v) is 8.49. The molecule has 0 atom stereocenters. The number of aromatic nitrogens is 2. The molecule has 0 unspecified atom stereocenters. The van der Waals surface area contributed by atoms with E-state index in [1.807, 2.05) is 35.1 Å². The Balaban J connectivity index is 1.50. The van der Waals surface area contributed by atoms with Crippen molar-refractivity contribution in [3.05, 3.63) is 84.0 Å². The molecule has 0 bridgehead atoms. The average Bonchev–Trinajstić information content (AvgIpc) is 3.46. The highest BCUT2D eigenvalue weighted by Gasteiger charge is 2.21. The van der Waals surface area contributed by atoms with Crippen molar-refractivity contribution in [3.63, 3.8) is 0 Å². The fourth-order valence-corrected chi connectivity index (χ4v) is 4.35. The highest BCUT2D eigenvalue weighted by molar-refractivity contribution is 5.69. The number of hydrogen-bond donors (Lipinski definition) is 0. The summed E-state index contributed by atoms with van der Waals surface area (Å²) in [5, 5.41) is 4.75. The maximum absolute atomic E-state index is 13.3. The molecule has 0 spiro atoms. The number of aryl methyl sites for hydroxylation is 1. The molecule has 1 aliphatic rings. The summed E-state index contributed by atoms with van der Waals surface area (Å²) in [4.78, 5) is 4.83. The molecule has 6 heteroatoms. The van der Waals surface area contributed by atoms with Crippen LogP contribution in [0.3, 0.4) is 0 Å². The van der Waals surface area contributed by atoms with E-state index in [1.165, 1.54) is 12.1 Å². The van der Waals surface area contributed by atoms with Gasteiger partial charge in [-0.15, -0.1) is 0 Å². The summed E-state index contributed by atoms with van der Waals surface area (Å²) in [6.07, 6.45) is 3.66. The predicted molar refractivity (Wildman–Crippen MR) is 124 cm³/mol. The van der Waals surface area contributed by atoms with Gasteiger partial charge < -0.3 is 9.32 Å². The molecule has 2 aromatic carbocycles. The Morgan fingerprint density at radius 1 is 1.00 bits per heavy atom. The average molecular weight is 431 g/mol. The number of nitrogens with zero attached hydrogens (tertiary/aromatic N) is 4. The van der Waals surface area contributed by atoms with E-state index in [0.29, 0.717) is 0 Å². The standard InChI is InChI=1S/C26H27FN4O/c1-19-16-23(9-10-24(19)20-5-7-22(27)8-6-20)31-26(25-4-3-15-32-25)21(17-28-31)18-30-13-11-29(2)12-14-30/h3-10,15-17H,11-14,18H2,1-2H3. The number of rotatable bonds is 5. The van der Waals surface area contributed by atoms with Crippen molar-refractivity contribution >= 4 is 0 Å². The summed E-state index contributed by atoms with van der Waals surface area (Å²) in [7, 11) is 2.17. The van der Waals surface area contributed by atoms with Gasteiger partial charge in [0.15, 0.2) is 5.76 Å². The molecular formula is C26H27FN4O. The highest BCUT2D eigenvalue weighted by Crippen LogP contribution is 2.31. The Morgan fingerprint density at radius 3 is 2.47 bits per heavy atom. The lowest BCUT2D eigenvalue weighted by Gasteiger charge is -2.32. The molecule has 0 amide bonds. The van der Waals surface area contributed by atoms with E-state index in [4.69, 9.17) is 9.52 Å². The zero-order chi connectivity index (χ0) is 22.1. The largest absolute Gasteiger partial charge is 0.463 e. The van der Waals surface area contributed by atoms with Crippen molar-refractivity contribution in [2.45, 2.75) is 13.5 Å². The number of hydrogen-bond acceptors (Lipinski definition) is 4. The first kappa shape index (κ1) is 20.7. The van der Waals surface area contributed by atoms with Gasteiger partial charge in [-0.3, -0.25) is 4.90 Å². The molecule has 2 aromatic heterocycles. The van der Waals surface area contributed by atoms with Crippen molar-refractivity contribution in [1.29, 1.82) is 0 Å². The third-order valence-electron chi connectivity index (χ3n) is 6.20. The van der Waals surface area contributed by atoms with Crippen molar-refractivity contribution in [1.82, 2.24) is 19.6 Å². The topological polar surface area (TPSA) is 37.4 Å². The minimum atomic E-state index is -0.226. The summed E-state index contributed by atoms with van der Waals surface area (Å²) in [6, 6.07) is 16.8. The van der Waals surface area contributed by atoms with Gasteiger partial charge in [-0.2, -0.15) is 5.10 Å². The lowest BCUT2D eigenvalue weighted by molar-refractivity contribution is 0.148. The van der Waals surface area contributed by atoms with Gasteiger partial charge in [0.2, 0.25) is 0 Å². The Kier molecular flexibility index (Phi) is 5.64. The van der Waals surface area contributed by atoms with Crippen LogP contribution in [-0.2, 0) is 6.54 Å². The van der Waals surface area contributed by atoms with Gasteiger partial charge >= 0.3 is 0 Å². The first-order valence-electron chi connectivity index (χ1n) is 11.0. The molecule has 0 saturated carbocycles. The Hall–Kier alpha value is -3.22. The van der Waals surface area contributed by atoms with Crippen molar-refractivity contribution < 1.29 is 8.81 Å². The Morgan fingerprint density at radius 2 is 1.78 bits per heavy atom. The van der Waals surface area contributed by atoms with Crippen LogP contribution in [0.15, 0.2) is 71.5 Å². The number of likely N-dealkylation sites (N-methyl/N-ethyl adjacent to an activating group) is 1. The van der Waals surface area contributed by atoms with Crippen LogP contribution in [0, 0.1) is 12.7 Å². The van der Waals surface area contributed by atoms with E-state index in [1.54, 1.807) is 6.26 Å². The van der Waals surface area contributed by atoms with E-state index in [9.17, 15) is 4.39 Å². The molecule has 0 radical (unpaired) electrons. The van der Waals surface area contributed by atoms with E-state index in [2.05, 4.69) is 42.0 Å². The SMILES string of the molecule is Cc1cc(-n2ncc(CN3CCN(C)CC3)c2-c2ccco2)ccc1-c1ccc(F)cc1. The molecule has 1 aliphatic heterocycles. The quantitative estimate of drug-likeness (QED) is 0.447. The van der Waals surface area contributed by atoms with Crippen LogP contribution >= 0.6 is 0 Å². The summed E-state index contributed by atoms with van der Waals surface area (Å²) < 4.78 is 21.1. The van der Waals surface area contributed by atoms with Crippen LogP contribution in [-0.4, -0.2) is 52.8 Å². The lowest BCUT2D eigenvalue weighted by Crippen LogP contribution is -2.43. The van der Waals surface area contributed by atoms with E-state index in [0.717, 1.165) is 72.1 Å². The second kappa shape index (κ2) is 8.73. The molecule has 5 nitrogen and oxygen atoms in total. The minimum Gasteiger partial charge on any atom is -0.463 e. The van der Waals surface area contributed by atoms with Gasteiger partial charge in [0.25, 0.3) is 0 Å². The van der Waals surface area contributed by atoms with Crippen molar-refractivity contribution in [2.24, 2.45) is 0 Å². The molecular weight excluding hydrogens is 403 g/mol. The van der Waals surface area contributed by atoms with Gasteiger partial charge in [-0.05, 0) is 67.1 Å². The monoisotopic (exact) mass is 430 g/mol. The Bertz CT molecular complexity index is 1190. The summed E-state index contributed by atoms with van der Waals surface area (Å²) in [6.45, 7) is 7.16. The molecule has 32 heavy (non-hydrogen) atoms. The van der Waals surface area contributed by atoms with E-state index in [-0.39, 0.29) is 5.82 Å². The van der Waals surface area contributed by atoms with Gasteiger partial charge in [0.1, 0.15) is 11.5 Å². The minimum absolute atomic E-state index is 0.226. The third kappa shape index (κ3) is 4.11. The molecule has 1 fully saturated rings. The fourth-order valence-electron chi connectivity index (χ4n) is 4.35. The second-order valence-electron chi connectivity index (χ2n) is 8.49. The number of furan rings is 1. The highest BCUT2D eigenvalue weighted by atomic mass is 19.1. The maximum Gasteiger partial charge on any atom is 0.152 e. The van der Waals surface area contributed by atoms with Gasteiger partial charge in [-0.1, -0.05) is 18.2 Å². The van der Waals surface area contributed by atoms with Crippen LogP contribution in [0.5, 0.6) is 0 Å². The molecule has 164 valence electrons. The van der Waals surface area contributed by atoms with E-state index >= 15 is 0 Å². The number of halogens is 1. The molecule has 3 heterocycles. The summed E-state index contributed by atoms with van der Waals surface area (Å²) >= 11 is 0. The smallest absolute Gasteiger partial charge is 0.152 e. The first-order valence-corrected chi connectivity index (χ1v) is 11.0. The van der Waals surface area contributed by atoms with Gasteiger partial charge in [-0.25, -0.2) is 9.07 Å². The molecule has 0 N–H and O–H groups in total. The van der Waals surface area contributed by atoms with Crippen LogP contribution in [0.25, 0.3) is 28.3 Å². The molecule has 4 aromatic rings.